The van der Waals surface area contributed by atoms with Gasteiger partial charge in [-0.25, -0.2) is 0 Å². The fraction of sp³-hybridized carbons (Fsp3) is 0.400. The Bertz CT molecular complexity index is 547. The molecule has 0 spiro atoms. The summed E-state index contributed by atoms with van der Waals surface area (Å²) in [4.78, 5) is 12.4. The first kappa shape index (κ1) is 15.5. The van der Waals surface area contributed by atoms with Gasteiger partial charge >= 0.3 is 0 Å². The van der Waals surface area contributed by atoms with Gasteiger partial charge in [-0.15, -0.1) is 0 Å². The van der Waals surface area contributed by atoms with Gasteiger partial charge in [0.2, 0.25) is 17.2 Å². The van der Waals surface area contributed by atoms with Crippen molar-refractivity contribution in [1.29, 1.82) is 0 Å². The quantitative estimate of drug-likeness (QED) is 0.732. The second-order valence-corrected chi connectivity index (χ2v) is 5.03. The Balaban J connectivity index is 1.81. The topological polar surface area (TPSA) is 62.7 Å². The molecule has 0 saturated carbocycles. The Morgan fingerprint density at radius 2 is 1.62 bits per heavy atom. The van der Waals surface area contributed by atoms with E-state index in [4.69, 9.17) is 11.6 Å². The van der Waals surface area contributed by atoms with Gasteiger partial charge < -0.3 is 10.6 Å². The van der Waals surface area contributed by atoms with Crippen LogP contribution in [0.2, 0.25) is 5.28 Å². The summed E-state index contributed by atoms with van der Waals surface area (Å²) in [6.45, 7) is 3.69. The highest BCUT2D eigenvalue weighted by Crippen LogP contribution is 2.10. The standard InChI is InChI=1S/C15H20ClN5/c1-2-10-17-14-19-13(16)20-15(21-14)18-11-6-9-12-7-4-3-5-8-12/h3-5,7-8H,2,6,9-11H2,1H3,(H2,17,18,19,20,21). The fourth-order valence-corrected chi connectivity index (χ4v) is 2.04. The number of nitrogens with zero attached hydrogens (tertiary/aromatic N) is 3. The first-order valence-electron chi connectivity index (χ1n) is 7.21. The van der Waals surface area contributed by atoms with Crippen LogP contribution in [-0.2, 0) is 6.42 Å². The lowest BCUT2D eigenvalue weighted by Gasteiger charge is -2.07. The lowest BCUT2D eigenvalue weighted by atomic mass is 10.1. The fourth-order valence-electron chi connectivity index (χ4n) is 1.88. The van der Waals surface area contributed by atoms with Crippen LogP contribution in [0.15, 0.2) is 30.3 Å². The Hall–Kier alpha value is -1.88. The molecule has 2 aromatic rings. The molecule has 0 saturated heterocycles. The normalized spacial score (nSPS) is 10.4. The molecule has 1 heterocycles. The van der Waals surface area contributed by atoms with Crippen LogP contribution in [0.3, 0.4) is 0 Å². The van der Waals surface area contributed by atoms with E-state index in [1.807, 2.05) is 6.07 Å². The van der Waals surface area contributed by atoms with Crippen LogP contribution in [0, 0.1) is 0 Å². The molecule has 1 aromatic carbocycles. The number of hydrogen-bond donors (Lipinski definition) is 2. The average molecular weight is 306 g/mol. The molecule has 0 unspecified atom stereocenters. The highest BCUT2D eigenvalue weighted by atomic mass is 35.5. The van der Waals surface area contributed by atoms with E-state index < -0.39 is 0 Å². The van der Waals surface area contributed by atoms with Crippen molar-refractivity contribution < 1.29 is 0 Å². The second kappa shape index (κ2) is 8.42. The van der Waals surface area contributed by atoms with Crippen molar-refractivity contribution in [3.05, 3.63) is 41.2 Å². The molecule has 6 heteroatoms. The molecule has 0 radical (unpaired) electrons. The number of aromatic nitrogens is 3. The molecular formula is C15H20ClN5. The number of anilines is 2. The van der Waals surface area contributed by atoms with Crippen LogP contribution < -0.4 is 10.6 Å². The molecular weight excluding hydrogens is 286 g/mol. The molecule has 0 atom stereocenters. The molecule has 112 valence electrons. The van der Waals surface area contributed by atoms with Crippen LogP contribution in [0.25, 0.3) is 0 Å². The summed E-state index contributed by atoms with van der Waals surface area (Å²) >= 11 is 5.90. The van der Waals surface area contributed by atoms with Gasteiger partial charge in [-0.2, -0.15) is 15.0 Å². The zero-order valence-electron chi connectivity index (χ0n) is 12.1. The summed E-state index contributed by atoms with van der Waals surface area (Å²) in [5.74, 6) is 1.03. The van der Waals surface area contributed by atoms with Crippen molar-refractivity contribution in [2.24, 2.45) is 0 Å². The molecule has 0 aliphatic carbocycles. The van der Waals surface area contributed by atoms with Crippen molar-refractivity contribution in [1.82, 2.24) is 15.0 Å². The molecule has 5 nitrogen and oxygen atoms in total. The molecule has 0 aliphatic heterocycles. The molecule has 2 N–H and O–H groups in total. The number of rotatable bonds is 8. The summed E-state index contributed by atoms with van der Waals surface area (Å²) in [6, 6.07) is 10.4. The van der Waals surface area contributed by atoms with Crippen molar-refractivity contribution >= 4 is 23.5 Å². The maximum atomic E-state index is 5.90. The van der Waals surface area contributed by atoms with Gasteiger partial charge in [0.25, 0.3) is 0 Å². The lowest BCUT2D eigenvalue weighted by molar-refractivity contribution is 0.848. The summed E-state index contributed by atoms with van der Waals surface area (Å²) in [6.07, 6.45) is 3.03. The minimum Gasteiger partial charge on any atom is -0.354 e. The molecule has 0 bridgehead atoms. The van der Waals surface area contributed by atoms with Crippen molar-refractivity contribution in [2.45, 2.75) is 26.2 Å². The van der Waals surface area contributed by atoms with Crippen molar-refractivity contribution in [3.63, 3.8) is 0 Å². The number of nitrogens with one attached hydrogen (secondary N) is 2. The maximum Gasteiger partial charge on any atom is 0.228 e. The van der Waals surface area contributed by atoms with E-state index in [0.29, 0.717) is 11.9 Å². The van der Waals surface area contributed by atoms with E-state index in [9.17, 15) is 0 Å². The Morgan fingerprint density at radius 1 is 0.952 bits per heavy atom. The summed E-state index contributed by atoms with van der Waals surface area (Å²) < 4.78 is 0. The van der Waals surface area contributed by atoms with E-state index in [-0.39, 0.29) is 5.28 Å². The number of hydrogen-bond acceptors (Lipinski definition) is 5. The zero-order chi connectivity index (χ0) is 14.9. The Labute approximate surface area is 130 Å². The molecule has 1 aromatic heterocycles. The highest BCUT2D eigenvalue weighted by molar-refractivity contribution is 6.28. The van der Waals surface area contributed by atoms with Gasteiger partial charge in [0, 0.05) is 13.1 Å². The first-order chi connectivity index (χ1) is 10.3. The van der Waals surface area contributed by atoms with Gasteiger partial charge in [-0.1, -0.05) is 37.3 Å². The van der Waals surface area contributed by atoms with Gasteiger partial charge in [0.1, 0.15) is 0 Å². The number of aryl methyl sites for hydroxylation is 1. The third kappa shape index (κ3) is 5.55. The van der Waals surface area contributed by atoms with Crippen LogP contribution in [0.5, 0.6) is 0 Å². The molecule has 0 fully saturated rings. The average Bonchev–Trinajstić information content (AvgIpc) is 2.50. The third-order valence-electron chi connectivity index (χ3n) is 2.91. The van der Waals surface area contributed by atoms with Crippen molar-refractivity contribution in [3.8, 4) is 0 Å². The molecule has 2 rings (SSSR count). The smallest absolute Gasteiger partial charge is 0.228 e. The van der Waals surface area contributed by atoms with Crippen LogP contribution in [0.1, 0.15) is 25.3 Å². The summed E-state index contributed by atoms with van der Waals surface area (Å²) in [5.41, 5.74) is 1.33. The Kier molecular flexibility index (Phi) is 6.22. The van der Waals surface area contributed by atoms with Gasteiger partial charge in [0.15, 0.2) is 0 Å². The van der Waals surface area contributed by atoms with Gasteiger partial charge in [-0.3, -0.25) is 0 Å². The van der Waals surface area contributed by atoms with E-state index in [1.54, 1.807) is 0 Å². The summed E-state index contributed by atoms with van der Waals surface area (Å²) in [5, 5.41) is 6.49. The maximum absolute atomic E-state index is 5.90. The highest BCUT2D eigenvalue weighted by Gasteiger charge is 2.03. The van der Waals surface area contributed by atoms with Crippen LogP contribution in [0.4, 0.5) is 11.9 Å². The van der Waals surface area contributed by atoms with Crippen LogP contribution in [-0.4, -0.2) is 28.0 Å². The first-order valence-corrected chi connectivity index (χ1v) is 7.59. The molecule has 0 aliphatic rings. The molecule has 0 amide bonds. The Morgan fingerprint density at radius 3 is 2.29 bits per heavy atom. The SMILES string of the molecule is CCCNc1nc(Cl)nc(NCCCc2ccccc2)n1. The summed E-state index contributed by atoms with van der Waals surface area (Å²) in [7, 11) is 0. The van der Waals surface area contributed by atoms with Crippen molar-refractivity contribution in [2.75, 3.05) is 23.7 Å². The van der Waals surface area contributed by atoms with Crippen LogP contribution >= 0.6 is 11.6 Å². The minimum absolute atomic E-state index is 0.203. The number of halogens is 1. The van der Waals surface area contributed by atoms with E-state index in [0.717, 1.165) is 32.4 Å². The third-order valence-corrected chi connectivity index (χ3v) is 3.08. The van der Waals surface area contributed by atoms with E-state index >= 15 is 0 Å². The number of benzene rings is 1. The zero-order valence-corrected chi connectivity index (χ0v) is 12.9. The second-order valence-electron chi connectivity index (χ2n) is 4.69. The largest absolute Gasteiger partial charge is 0.354 e. The lowest BCUT2D eigenvalue weighted by Crippen LogP contribution is -2.11. The predicted molar refractivity (Wildman–Crippen MR) is 86.9 cm³/mol. The van der Waals surface area contributed by atoms with Gasteiger partial charge in [0.05, 0.1) is 0 Å². The predicted octanol–water partition coefficient (Wildman–Crippen LogP) is 3.39. The minimum atomic E-state index is 0.203. The monoisotopic (exact) mass is 305 g/mol. The van der Waals surface area contributed by atoms with E-state index in [2.05, 4.69) is 56.8 Å². The van der Waals surface area contributed by atoms with Gasteiger partial charge in [-0.05, 0) is 36.4 Å². The van der Waals surface area contributed by atoms with E-state index in [1.165, 1.54) is 5.56 Å². The molecule has 21 heavy (non-hydrogen) atoms.